The van der Waals surface area contributed by atoms with Crippen molar-refractivity contribution < 1.29 is 18.3 Å². The number of unbranched alkanes of at least 4 members (excludes halogenated alkanes) is 1. The van der Waals surface area contributed by atoms with E-state index >= 15 is 0 Å². The molecule has 0 aromatic rings. The van der Waals surface area contributed by atoms with E-state index in [1.165, 1.54) is 44.9 Å². The van der Waals surface area contributed by atoms with Gasteiger partial charge in [-0.3, -0.25) is 0 Å². The lowest BCUT2D eigenvalue weighted by molar-refractivity contribution is -0.271. The zero-order valence-corrected chi connectivity index (χ0v) is 22.5. The lowest BCUT2D eigenvalue weighted by Gasteiger charge is -2.59. The van der Waals surface area contributed by atoms with Crippen LogP contribution < -0.4 is 0 Å². The molecule has 7 atom stereocenters. The molecule has 1 nitrogen and oxygen atoms in total. The fraction of sp³-hybridized carbons (Fsp3) is 0.933. The minimum absolute atomic E-state index is 0.148. The summed E-state index contributed by atoms with van der Waals surface area (Å²) in [6, 6.07) is 0. The molecule has 0 heterocycles. The Morgan fingerprint density at radius 2 is 1.71 bits per heavy atom. The van der Waals surface area contributed by atoms with E-state index in [1.54, 1.807) is 0 Å². The van der Waals surface area contributed by atoms with Gasteiger partial charge >= 0.3 is 6.18 Å². The Balaban J connectivity index is 1.43. The van der Waals surface area contributed by atoms with Crippen molar-refractivity contribution in [3.63, 3.8) is 0 Å². The molecular formula is C30H49F3O. The maximum atomic E-state index is 13.6. The Hall–Kier alpha value is -0.510. The van der Waals surface area contributed by atoms with Crippen LogP contribution in [0.3, 0.4) is 0 Å². The number of alkyl halides is 3. The molecule has 3 fully saturated rings. The van der Waals surface area contributed by atoms with Crippen molar-refractivity contribution in [3.05, 3.63) is 11.6 Å². The second kappa shape index (κ2) is 8.80. The molecule has 0 amide bonds. The molecule has 0 aromatic carbocycles. The van der Waals surface area contributed by atoms with Crippen molar-refractivity contribution in [1.82, 2.24) is 0 Å². The maximum absolute atomic E-state index is 13.6. The predicted molar refractivity (Wildman–Crippen MR) is 133 cm³/mol. The van der Waals surface area contributed by atoms with Gasteiger partial charge in [0, 0.05) is 6.42 Å². The quantitative estimate of drug-likeness (QED) is 0.296. The summed E-state index contributed by atoms with van der Waals surface area (Å²) in [4.78, 5) is 0. The number of halogens is 3. The van der Waals surface area contributed by atoms with Crippen LogP contribution in [0.1, 0.15) is 119 Å². The Morgan fingerprint density at radius 1 is 1.00 bits per heavy atom. The third kappa shape index (κ3) is 4.30. The maximum Gasteiger partial charge on any atom is 0.417 e. The summed E-state index contributed by atoms with van der Waals surface area (Å²) in [7, 11) is 0. The molecule has 0 spiro atoms. The third-order valence-corrected chi connectivity index (χ3v) is 12.1. The van der Waals surface area contributed by atoms with Crippen molar-refractivity contribution in [1.29, 1.82) is 0 Å². The van der Waals surface area contributed by atoms with Gasteiger partial charge in [0.1, 0.15) is 0 Å². The van der Waals surface area contributed by atoms with Crippen LogP contribution in [0, 0.1) is 45.8 Å². The average molecular weight is 483 g/mol. The average Bonchev–Trinajstić information content (AvgIpc) is 3.07. The van der Waals surface area contributed by atoms with Gasteiger partial charge < -0.3 is 5.11 Å². The topological polar surface area (TPSA) is 20.2 Å². The second-order valence-electron chi connectivity index (χ2n) is 14.2. The molecule has 0 aliphatic heterocycles. The number of fused-ring (bicyclic) bond motifs is 5. The molecular weight excluding hydrogens is 433 g/mol. The molecule has 196 valence electrons. The molecule has 4 aliphatic rings. The summed E-state index contributed by atoms with van der Waals surface area (Å²) in [6.45, 7) is 14.2. The Kier molecular flexibility index (Phi) is 6.88. The minimum Gasteiger partial charge on any atom is -0.380 e. The molecule has 6 unspecified atom stereocenters. The van der Waals surface area contributed by atoms with Gasteiger partial charge in [-0.25, -0.2) is 0 Å². The lowest BCUT2D eigenvalue weighted by atomic mass is 9.46. The first-order valence-electron chi connectivity index (χ1n) is 14.1. The number of rotatable bonds is 6. The molecule has 0 radical (unpaired) electrons. The predicted octanol–water partition coefficient (Wildman–Crippen LogP) is 9.10. The molecule has 4 aliphatic carbocycles. The Bertz CT molecular complexity index is 782. The monoisotopic (exact) mass is 482 g/mol. The largest absolute Gasteiger partial charge is 0.417 e. The highest BCUT2D eigenvalue weighted by atomic mass is 19.4. The Labute approximate surface area is 206 Å². The zero-order chi connectivity index (χ0) is 25.2. The van der Waals surface area contributed by atoms with E-state index in [0.717, 1.165) is 24.3 Å². The van der Waals surface area contributed by atoms with Gasteiger partial charge in [-0.05, 0) is 104 Å². The summed E-state index contributed by atoms with van der Waals surface area (Å²) in [5.74, 6) is 3.32. The molecule has 0 bridgehead atoms. The summed E-state index contributed by atoms with van der Waals surface area (Å²) < 4.78 is 40.7. The van der Waals surface area contributed by atoms with E-state index in [1.807, 2.05) is 0 Å². The molecule has 0 aromatic heterocycles. The SMILES string of the molecule is CC(C)C(C)(C)CCCCC1CCC2C3CC=C4C[C@](O)(C(F)(F)F)CCC4(C)C3CCC12C. The van der Waals surface area contributed by atoms with E-state index in [0.29, 0.717) is 40.9 Å². The highest BCUT2D eigenvalue weighted by Gasteiger charge is 2.63. The number of allylic oxidation sites excluding steroid dienone is 1. The fourth-order valence-electron chi connectivity index (χ4n) is 8.73. The van der Waals surface area contributed by atoms with Crippen LogP contribution in [0.2, 0.25) is 0 Å². The van der Waals surface area contributed by atoms with Crippen molar-refractivity contribution in [2.45, 2.75) is 130 Å². The van der Waals surface area contributed by atoms with Crippen molar-refractivity contribution in [3.8, 4) is 0 Å². The van der Waals surface area contributed by atoms with Gasteiger partial charge in [0.15, 0.2) is 5.60 Å². The second-order valence-corrected chi connectivity index (χ2v) is 14.2. The van der Waals surface area contributed by atoms with E-state index in [4.69, 9.17) is 0 Å². The van der Waals surface area contributed by atoms with Crippen LogP contribution in [0.5, 0.6) is 0 Å². The zero-order valence-electron chi connectivity index (χ0n) is 22.5. The Morgan fingerprint density at radius 3 is 2.35 bits per heavy atom. The third-order valence-electron chi connectivity index (χ3n) is 12.1. The summed E-state index contributed by atoms with van der Waals surface area (Å²) in [5.41, 5.74) is -0.984. The first kappa shape index (κ1) is 26.6. The van der Waals surface area contributed by atoms with Crippen molar-refractivity contribution in [2.24, 2.45) is 45.8 Å². The summed E-state index contributed by atoms with van der Waals surface area (Å²) in [5, 5.41) is 10.4. The molecule has 1 N–H and O–H groups in total. The molecule has 3 saturated carbocycles. The smallest absolute Gasteiger partial charge is 0.380 e. The minimum atomic E-state index is -4.54. The summed E-state index contributed by atoms with van der Waals surface area (Å²) >= 11 is 0. The van der Waals surface area contributed by atoms with Crippen LogP contribution in [-0.4, -0.2) is 16.9 Å². The fourth-order valence-corrected chi connectivity index (χ4v) is 8.73. The molecule has 0 saturated heterocycles. The van der Waals surface area contributed by atoms with E-state index in [9.17, 15) is 18.3 Å². The van der Waals surface area contributed by atoms with E-state index in [-0.39, 0.29) is 18.3 Å². The highest BCUT2D eigenvalue weighted by molar-refractivity contribution is 5.27. The first-order chi connectivity index (χ1) is 15.6. The van der Waals surface area contributed by atoms with Crippen LogP contribution in [-0.2, 0) is 0 Å². The molecule has 34 heavy (non-hydrogen) atoms. The van der Waals surface area contributed by atoms with Crippen LogP contribution >= 0.6 is 0 Å². The standard InChI is InChI=1S/C30H49F3O/c1-20(2)26(3,4)15-8-7-9-21-11-13-24-23-12-10-22-19-29(34,30(31,32)33)18-17-28(22,6)25(23)14-16-27(21,24)5/h10,20-21,23-25,34H,7-9,11-19H2,1-6H3/t21?,23?,24?,25?,27?,28?,29-/m0/s1. The van der Waals surface area contributed by atoms with E-state index in [2.05, 4.69) is 47.6 Å². The van der Waals surface area contributed by atoms with Crippen LogP contribution in [0.15, 0.2) is 11.6 Å². The van der Waals surface area contributed by atoms with Gasteiger partial charge in [-0.15, -0.1) is 0 Å². The van der Waals surface area contributed by atoms with Gasteiger partial charge in [0.25, 0.3) is 0 Å². The van der Waals surface area contributed by atoms with Gasteiger partial charge in [0.05, 0.1) is 0 Å². The highest BCUT2D eigenvalue weighted by Crippen LogP contribution is 2.67. The summed E-state index contributed by atoms with van der Waals surface area (Å²) in [6.07, 6.45) is 8.91. The normalized spacial score (nSPS) is 42.7. The van der Waals surface area contributed by atoms with Gasteiger partial charge in [0.2, 0.25) is 0 Å². The van der Waals surface area contributed by atoms with Crippen LogP contribution in [0.25, 0.3) is 0 Å². The van der Waals surface area contributed by atoms with Crippen molar-refractivity contribution in [2.75, 3.05) is 0 Å². The number of hydrogen-bond donors (Lipinski definition) is 1. The molecule has 4 heteroatoms. The lowest BCUT2D eigenvalue weighted by Crippen LogP contribution is -2.55. The molecule has 4 rings (SSSR count). The van der Waals surface area contributed by atoms with Crippen LogP contribution in [0.4, 0.5) is 13.2 Å². The van der Waals surface area contributed by atoms with E-state index < -0.39 is 11.8 Å². The first-order valence-corrected chi connectivity index (χ1v) is 14.1. The van der Waals surface area contributed by atoms with Gasteiger partial charge in [-0.2, -0.15) is 13.2 Å². The number of hydrogen-bond acceptors (Lipinski definition) is 1. The van der Waals surface area contributed by atoms with Gasteiger partial charge in [-0.1, -0.05) is 66.0 Å². The number of aliphatic hydroxyl groups is 1. The van der Waals surface area contributed by atoms with Crippen molar-refractivity contribution >= 4 is 0 Å².